The Bertz CT molecular complexity index is 712. The molecule has 0 saturated heterocycles. The highest BCUT2D eigenvalue weighted by molar-refractivity contribution is 5.78. The van der Waals surface area contributed by atoms with Crippen molar-refractivity contribution in [3.63, 3.8) is 0 Å². The molecule has 0 bridgehead atoms. The Balaban J connectivity index is 1.37. The van der Waals surface area contributed by atoms with Crippen LogP contribution in [0.15, 0.2) is 42.5 Å². The van der Waals surface area contributed by atoms with Gasteiger partial charge in [-0.05, 0) is 55.2 Å². The molecular weight excluding hydrogens is 318 g/mol. The van der Waals surface area contributed by atoms with Gasteiger partial charge in [0, 0.05) is 6.54 Å². The predicted molar refractivity (Wildman–Crippen MR) is 95.2 cm³/mol. The van der Waals surface area contributed by atoms with E-state index in [1.54, 1.807) is 0 Å². The van der Waals surface area contributed by atoms with Crippen molar-refractivity contribution >= 4 is 5.91 Å². The predicted octanol–water partition coefficient (Wildman–Crippen LogP) is 3.11. The normalized spacial score (nSPS) is 12.0. The number of aryl methyl sites for hydroxylation is 1. The first kappa shape index (κ1) is 17.1. The minimum Gasteiger partial charge on any atom is -0.494 e. The van der Waals surface area contributed by atoms with E-state index in [-0.39, 0.29) is 5.91 Å². The SMILES string of the molecule is CCOc1ccc(CC(=O)NCCCc2ccc3c(c2)OCO3)cc1. The standard InChI is InChI=1S/C20H23NO4/c1-2-23-17-8-5-16(6-9-17)13-20(22)21-11-3-4-15-7-10-18-19(12-15)25-14-24-18/h5-10,12H,2-4,11,13-14H2,1H3,(H,21,22). The molecule has 1 heterocycles. The molecule has 1 N–H and O–H groups in total. The number of hydrogen-bond donors (Lipinski definition) is 1. The maximum atomic E-state index is 12.0. The van der Waals surface area contributed by atoms with Crippen LogP contribution in [0.3, 0.4) is 0 Å². The van der Waals surface area contributed by atoms with Gasteiger partial charge in [0.2, 0.25) is 12.7 Å². The lowest BCUT2D eigenvalue weighted by molar-refractivity contribution is -0.120. The molecule has 5 nitrogen and oxygen atoms in total. The second-order valence-electron chi connectivity index (χ2n) is 5.89. The van der Waals surface area contributed by atoms with Crippen molar-refractivity contribution in [1.82, 2.24) is 5.32 Å². The number of amides is 1. The average Bonchev–Trinajstić information content (AvgIpc) is 3.08. The zero-order valence-electron chi connectivity index (χ0n) is 14.4. The van der Waals surface area contributed by atoms with E-state index >= 15 is 0 Å². The molecule has 3 rings (SSSR count). The van der Waals surface area contributed by atoms with Gasteiger partial charge in [-0.25, -0.2) is 0 Å². The second-order valence-corrected chi connectivity index (χ2v) is 5.89. The van der Waals surface area contributed by atoms with E-state index in [4.69, 9.17) is 14.2 Å². The Labute approximate surface area is 147 Å². The Hall–Kier alpha value is -2.69. The van der Waals surface area contributed by atoms with Crippen molar-refractivity contribution in [1.29, 1.82) is 0 Å². The molecule has 0 unspecified atom stereocenters. The van der Waals surface area contributed by atoms with Gasteiger partial charge in [-0.1, -0.05) is 18.2 Å². The zero-order chi connectivity index (χ0) is 17.5. The quantitative estimate of drug-likeness (QED) is 0.750. The van der Waals surface area contributed by atoms with Gasteiger partial charge in [0.1, 0.15) is 5.75 Å². The summed E-state index contributed by atoms with van der Waals surface area (Å²) in [7, 11) is 0. The number of nitrogens with one attached hydrogen (secondary N) is 1. The fraction of sp³-hybridized carbons (Fsp3) is 0.350. The van der Waals surface area contributed by atoms with E-state index in [1.807, 2.05) is 49.4 Å². The number of rotatable bonds is 8. The van der Waals surface area contributed by atoms with Gasteiger partial charge >= 0.3 is 0 Å². The highest BCUT2D eigenvalue weighted by atomic mass is 16.7. The first-order valence-corrected chi connectivity index (χ1v) is 8.61. The van der Waals surface area contributed by atoms with Crippen LogP contribution in [0.2, 0.25) is 0 Å². The summed E-state index contributed by atoms with van der Waals surface area (Å²) in [6.07, 6.45) is 2.16. The monoisotopic (exact) mass is 341 g/mol. The topological polar surface area (TPSA) is 56.8 Å². The highest BCUT2D eigenvalue weighted by Gasteiger charge is 2.12. The van der Waals surface area contributed by atoms with Gasteiger partial charge in [0.15, 0.2) is 11.5 Å². The summed E-state index contributed by atoms with van der Waals surface area (Å²) < 4.78 is 16.1. The molecule has 0 spiro atoms. The average molecular weight is 341 g/mol. The Morgan fingerprint density at radius 1 is 1.08 bits per heavy atom. The largest absolute Gasteiger partial charge is 0.494 e. The van der Waals surface area contributed by atoms with Crippen LogP contribution in [0.4, 0.5) is 0 Å². The molecule has 2 aromatic carbocycles. The molecule has 132 valence electrons. The summed E-state index contributed by atoms with van der Waals surface area (Å²) in [6.45, 7) is 3.54. The van der Waals surface area contributed by atoms with Crippen LogP contribution >= 0.6 is 0 Å². The van der Waals surface area contributed by atoms with Crippen LogP contribution in [0, 0.1) is 0 Å². The van der Waals surface area contributed by atoms with Crippen molar-refractivity contribution in [2.75, 3.05) is 19.9 Å². The van der Waals surface area contributed by atoms with Crippen molar-refractivity contribution < 1.29 is 19.0 Å². The minimum atomic E-state index is 0.0369. The number of hydrogen-bond acceptors (Lipinski definition) is 4. The fourth-order valence-corrected chi connectivity index (χ4v) is 2.73. The highest BCUT2D eigenvalue weighted by Crippen LogP contribution is 2.32. The van der Waals surface area contributed by atoms with Gasteiger partial charge in [0.25, 0.3) is 0 Å². The zero-order valence-corrected chi connectivity index (χ0v) is 14.4. The van der Waals surface area contributed by atoms with Crippen LogP contribution < -0.4 is 19.5 Å². The molecule has 0 atom stereocenters. The first-order valence-electron chi connectivity index (χ1n) is 8.61. The molecule has 0 radical (unpaired) electrons. The number of carbonyl (C=O) groups is 1. The lowest BCUT2D eigenvalue weighted by Gasteiger charge is -2.07. The van der Waals surface area contributed by atoms with Gasteiger partial charge in [-0.3, -0.25) is 4.79 Å². The first-order chi connectivity index (χ1) is 12.2. The fourth-order valence-electron chi connectivity index (χ4n) is 2.73. The lowest BCUT2D eigenvalue weighted by Crippen LogP contribution is -2.26. The smallest absolute Gasteiger partial charge is 0.231 e. The number of fused-ring (bicyclic) bond motifs is 1. The summed E-state index contributed by atoms with van der Waals surface area (Å²) in [6, 6.07) is 13.6. The van der Waals surface area contributed by atoms with E-state index in [9.17, 15) is 4.79 Å². The van der Waals surface area contributed by atoms with E-state index in [1.165, 1.54) is 5.56 Å². The van der Waals surface area contributed by atoms with Gasteiger partial charge in [0.05, 0.1) is 13.0 Å². The van der Waals surface area contributed by atoms with Crippen LogP contribution in [0.1, 0.15) is 24.5 Å². The molecule has 1 aliphatic rings. The van der Waals surface area contributed by atoms with Gasteiger partial charge < -0.3 is 19.5 Å². The third kappa shape index (κ3) is 4.89. The van der Waals surface area contributed by atoms with Crippen LogP contribution in [-0.2, 0) is 17.6 Å². The van der Waals surface area contributed by atoms with Crippen LogP contribution in [-0.4, -0.2) is 25.9 Å². The molecule has 0 saturated carbocycles. The Morgan fingerprint density at radius 3 is 2.64 bits per heavy atom. The summed E-state index contributed by atoms with van der Waals surface area (Å²) in [5.74, 6) is 2.47. The maximum absolute atomic E-state index is 12.0. The van der Waals surface area contributed by atoms with Crippen molar-refractivity contribution in [2.24, 2.45) is 0 Å². The van der Waals surface area contributed by atoms with Crippen molar-refractivity contribution in [3.05, 3.63) is 53.6 Å². The lowest BCUT2D eigenvalue weighted by atomic mass is 10.1. The Kier molecular flexibility index (Phi) is 5.77. The summed E-state index contributed by atoms with van der Waals surface area (Å²) in [5.41, 5.74) is 2.17. The van der Waals surface area contributed by atoms with E-state index in [2.05, 4.69) is 5.32 Å². The van der Waals surface area contributed by atoms with Crippen LogP contribution in [0.5, 0.6) is 17.2 Å². The van der Waals surface area contributed by atoms with Gasteiger partial charge in [-0.2, -0.15) is 0 Å². The molecule has 1 amide bonds. The molecule has 0 fully saturated rings. The van der Waals surface area contributed by atoms with E-state index in [0.29, 0.717) is 26.4 Å². The molecular formula is C20H23NO4. The summed E-state index contributed by atoms with van der Waals surface area (Å²) in [4.78, 5) is 12.0. The molecule has 25 heavy (non-hydrogen) atoms. The molecule has 0 aromatic heterocycles. The van der Waals surface area contributed by atoms with Crippen LogP contribution in [0.25, 0.3) is 0 Å². The molecule has 2 aromatic rings. The third-order valence-electron chi connectivity index (χ3n) is 4.00. The van der Waals surface area contributed by atoms with Gasteiger partial charge in [-0.15, -0.1) is 0 Å². The van der Waals surface area contributed by atoms with E-state index < -0.39 is 0 Å². The summed E-state index contributed by atoms with van der Waals surface area (Å²) >= 11 is 0. The van der Waals surface area contributed by atoms with Crippen molar-refractivity contribution in [3.8, 4) is 17.2 Å². The number of ether oxygens (including phenoxy) is 3. The maximum Gasteiger partial charge on any atom is 0.231 e. The number of benzene rings is 2. The minimum absolute atomic E-state index is 0.0369. The molecule has 5 heteroatoms. The second kappa shape index (κ2) is 8.42. The Morgan fingerprint density at radius 2 is 1.84 bits per heavy atom. The third-order valence-corrected chi connectivity index (χ3v) is 4.00. The van der Waals surface area contributed by atoms with Crippen molar-refractivity contribution in [2.45, 2.75) is 26.2 Å². The molecule has 0 aliphatic carbocycles. The summed E-state index contributed by atoms with van der Waals surface area (Å²) in [5, 5.41) is 2.97. The van der Waals surface area contributed by atoms with E-state index in [0.717, 1.165) is 35.7 Å². The number of carbonyl (C=O) groups excluding carboxylic acids is 1. The molecule has 1 aliphatic heterocycles.